The normalized spacial score (nSPS) is 12.2. The highest BCUT2D eigenvalue weighted by Crippen LogP contribution is 2.23. The predicted octanol–water partition coefficient (Wildman–Crippen LogP) is 1.76. The lowest BCUT2D eigenvalue weighted by Crippen LogP contribution is -2.24. The molecule has 3 N–H and O–H groups in total. The van der Waals surface area contributed by atoms with Crippen LogP contribution in [0.25, 0.3) is 10.9 Å². The number of hydrogen-bond donors (Lipinski definition) is 3. The van der Waals surface area contributed by atoms with Crippen molar-refractivity contribution in [2.45, 2.75) is 20.3 Å². The van der Waals surface area contributed by atoms with Crippen LogP contribution < -0.4 is 5.32 Å². The summed E-state index contributed by atoms with van der Waals surface area (Å²) in [5.74, 6) is -0.409. The van der Waals surface area contributed by atoms with Gasteiger partial charge in [0.15, 0.2) is 0 Å². The third-order valence-corrected chi connectivity index (χ3v) is 3.64. The Labute approximate surface area is 112 Å². The van der Waals surface area contributed by atoms with Crippen LogP contribution in [0.15, 0.2) is 18.3 Å². The second-order valence-electron chi connectivity index (χ2n) is 4.79. The Bertz CT molecular complexity index is 689. The summed E-state index contributed by atoms with van der Waals surface area (Å²) in [6.45, 7) is 4.62. The van der Waals surface area contributed by atoms with Gasteiger partial charge in [0.25, 0.3) is 10.1 Å². The zero-order valence-electron chi connectivity index (χ0n) is 11.0. The van der Waals surface area contributed by atoms with Gasteiger partial charge in [-0.2, -0.15) is 8.42 Å². The van der Waals surface area contributed by atoms with Gasteiger partial charge >= 0.3 is 0 Å². The van der Waals surface area contributed by atoms with Crippen LogP contribution in [0.3, 0.4) is 0 Å². The van der Waals surface area contributed by atoms with E-state index in [-0.39, 0.29) is 0 Å². The van der Waals surface area contributed by atoms with Crippen LogP contribution in [-0.4, -0.2) is 30.4 Å². The Morgan fingerprint density at radius 3 is 2.74 bits per heavy atom. The topological polar surface area (TPSA) is 82.2 Å². The monoisotopic (exact) mass is 282 g/mol. The summed E-state index contributed by atoms with van der Waals surface area (Å²) in [7, 11) is -3.94. The van der Waals surface area contributed by atoms with Crippen molar-refractivity contribution in [1.82, 2.24) is 10.3 Å². The van der Waals surface area contributed by atoms with Crippen molar-refractivity contribution >= 4 is 21.0 Å². The summed E-state index contributed by atoms with van der Waals surface area (Å²) in [5.41, 5.74) is 4.67. The van der Waals surface area contributed by atoms with E-state index >= 15 is 0 Å². The van der Waals surface area contributed by atoms with Crippen molar-refractivity contribution in [3.05, 3.63) is 35.0 Å². The number of benzene rings is 1. The molecule has 0 amide bonds. The number of hydrogen-bond acceptors (Lipinski definition) is 3. The number of rotatable bonds is 5. The summed E-state index contributed by atoms with van der Waals surface area (Å²) in [5, 5.41) is 3.88. The van der Waals surface area contributed by atoms with Gasteiger partial charge in [0.05, 0.1) is 0 Å². The van der Waals surface area contributed by atoms with E-state index in [1.165, 1.54) is 16.5 Å². The molecule has 0 atom stereocenters. The van der Waals surface area contributed by atoms with Gasteiger partial charge < -0.3 is 10.3 Å². The molecule has 1 heterocycles. The standard InChI is InChI=1S/C13H18N2O3S/c1-9-5-10(2)13-12(6-9)11(7-15-13)3-4-14-8-19(16,17)18/h5-7,14-15H,3-4,8H2,1-2H3,(H,16,17,18). The van der Waals surface area contributed by atoms with E-state index in [4.69, 9.17) is 4.55 Å². The van der Waals surface area contributed by atoms with Crippen LogP contribution in [0.1, 0.15) is 16.7 Å². The van der Waals surface area contributed by atoms with Crippen LogP contribution in [0.4, 0.5) is 0 Å². The molecular formula is C13H18N2O3S. The molecule has 0 fully saturated rings. The maximum absolute atomic E-state index is 10.6. The third kappa shape index (κ3) is 3.56. The van der Waals surface area contributed by atoms with Crippen LogP contribution in [0.2, 0.25) is 0 Å². The van der Waals surface area contributed by atoms with E-state index in [0.717, 1.165) is 11.1 Å². The van der Waals surface area contributed by atoms with E-state index in [9.17, 15) is 8.42 Å². The first-order chi connectivity index (χ1) is 8.87. The predicted molar refractivity (Wildman–Crippen MR) is 75.9 cm³/mol. The number of aryl methyl sites for hydroxylation is 2. The molecule has 0 aliphatic carbocycles. The third-order valence-electron chi connectivity index (χ3n) is 3.07. The molecule has 104 valence electrons. The van der Waals surface area contributed by atoms with Crippen molar-refractivity contribution in [3.8, 4) is 0 Å². The molecule has 1 aromatic heterocycles. The van der Waals surface area contributed by atoms with Gasteiger partial charge in [-0.15, -0.1) is 0 Å². The van der Waals surface area contributed by atoms with Crippen LogP contribution in [-0.2, 0) is 16.5 Å². The van der Waals surface area contributed by atoms with Crippen LogP contribution in [0, 0.1) is 13.8 Å². The highest BCUT2D eigenvalue weighted by atomic mass is 32.2. The van der Waals surface area contributed by atoms with Gasteiger partial charge in [0.1, 0.15) is 5.88 Å². The maximum atomic E-state index is 10.6. The van der Waals surface area contributed by atoms with Crippen molar-refractivity contribution in [2.24, 2.45) is 0 Å². The molecule has 0 radical (unpaired) electrons. The van der Waals surface area contributed by atoms with E-state index in [1.54, 1.807) is 0 Å². The minimum atomic E-state index is -3.94. The Balaban J connectivity index is 2.09. The Morgan fingerprint density at radius 1 is 1.32 bits per heavy atom. The average molecular weight is 282 g/mol. The quantitative estimate of drug-likeness (QED) is 0.576. The Hall–Kier alpha value is -1.37. The first-order valence-electron chi connectivity index (χ1n) is 6.10. The molecule has 2 rings (SSSR count). The number of fused-ring (bicyclic) bond motifs is 1. The van der Waals surface area contributed by atoms with E-state index < -0.39 is 16.0 Å². The van der Waals surface area contributed by atoms with Crippen molar-refractivity contribution in [3.63, 3.8) is 0 Å². The van der Waals surface area contributed by atoms with Gasteiger partial charge in [-0.25, -0.2) is 0 Å². The zero-order valence-corrected chi connectivity index (χ0v) is 11.8. The fourth-order valence-electron chi connectivity index (χ4n) is 2.28. The summed E-state index contributed by atoms with van der Waals surface area (Å²) in [6.07, 6.45) is 2.66. The fourth-order valence-corrected chi connectivity index (χ4v) is 2.68. The van der Waals surface area contributed by atoms with E-state index in [2.05, 4.69) is 36.3 Å². The van der Waals surface area contributed by atoms with Gasteiger partial charge in [-0.1, -0.05) is 11.6 Å². The average Bonchev–Trinajstić information content (AvgIpc) is 2.66. The molecule has 19 heavy (non-hydrogen) atoms. The molecule has 0 spiro atoms. The lowest BCUT2D eigenvalue weighted by Gasteiger charge is -2.03. The van der Waals surface area contributed by atoms with E-state index in [0.29, 0.717) is 13.0 Å². The van der Waals surface area contributed by atoms with Crippen LogP contribution in [0.5, 0.6) is 0 Å². The van der Waals surface area contributed by atoms with Crippen LogP contribution >= 0.6 is 0 Å². The zero-order chi connectivity index (χ0) is 14.0. The molecule has 1 aromatic carbocycles. The molecule has 0 unspecified atom stereocenters. The smallest absolute Gasteiger partial charge is 0.278 e. The second kappa shape index (κ2) is 5.32. The summed E-state index contributed by atoms with van der Waals surface area (Å²) >= 11 is 0. The van der Waals surface area contributed by atoms with Crippen molar-refractivity contribution in [2.75, 3.05) is 12.4 Å². The minimum Gasteiger partial charge on any atom is -0.361 e. The van der Waals surface area contributed by atoms with E-state index in [1.807, 2.05) is 6.20 Å². The van der Waals surface area contributed by atoms with Crippen molar-refractivity contribution < 1.29 is 13.0 Å². The largest absolute Gasteiger partial charge is 0.361 e. The maximum Gasteiger partial charge on any atom is 0.278 e. The highest BCUT2D eigenvalue weighted by molar-refractivity contribution is 7.85. The lowest BCUT2D eigenvalue weighted by molar-refractivity contribution is 0.476. The number of H-pyrrole nitrogens is 1. The Morgan fingerprint density at radius 2 is 2.05 bits per heavy atom. The molecule has 0 saturated carbocycles. The van der Waals surface area contributed by atoms with Gasteiger partial charge in [0, 0.05) is 23.6 Å². The fraction of sp³-hybridized carbons (Fsp3) is 0.385. The lowest BCUT2D eigenvalue weighted by atomic mass is 10.0. The summed E-state index contributed by atoms with van der Waals surface area (Å²) in [6, 6.07) is 4.25. The first-order valence-corrected chi connectivity index (χ1v) is 7.71. The number of nitrogens with one attached hydrogen (secondary N) is 2. The second-order valence-corrected chi connectivity index (χ2v) is 6.25. The van der Waals surface area contributed by atoms with Gasteiger partial charge in [-0.3, -0.25) is 4.55 Å². The first kappa shape index (κ1) is 14.0. The summed E-state index contributed by atoms with van der Waals surface area (Å²) < 4.78 is 29.8. The number of aromatic nitrogens is 1. The molecule has 5 nitrogen and oxygen atoms in total. The molecule has 2 aromatic rings. The number of aromatic amines is 1. The molecule has 0 aliphatic rings. The Kier molecular flexibility index (Phi) is 3.93. The highest BCUT2D eigenvalue weighted by Gasteiger charge is 2.07. The van der Waals surface area contributed by atoms with Crippen molar-refractivity contribution in [1.29, 1.82) is 0 Å². The minimum absolute atomic E-state index is 0.409. The molecule has 6 heteroatoms. The van der Waals surface area contributed by atoms with Gasteiger partial charge in [0.2, 0.25) is 0 Å². The molecule has 0 saturated heterocycles. The SMILES string of the molecule is Cc1cc(C)c2[nH]cc(CCNCS(=O)(=O)O)c2c1. The van der Waals surface area contributed by atoms with Gasteiger partial charge in [-0.05, 0) is 37.5 Å². The molecule has 0 aliphatic heterocycles. The summed E-state index contributed by atoms with van der Waals surface area (Å²) in [4.78, 5) is 3.25. The molecule has 0 bridgehead atoms. The molecular weight excluding hydrogens is 264 g/mol.